The monoisotopic (exact) mass is 222 g/mol. The Morgan fingerprint density at radius 1 is 1.40 bits per heavy atom. The van der Waals surface area contributed by atoms with Gasteiger partial charge in [-0.2, -0.15) is 18.3 Å². The fourth-order valence-corrected chi connectivity index (χ4v) is 1.59. The van der Waals surface area contributed by atoms with Crippen LogP contribution < -0.4 is 0 Å². The Labute approximate surface area is 81.5 Å². The number of carbonyl (C=O) groups is 1. The number of aromatic amines is 1. The van der Waals surface area contributed by atoms with Crippen molar-refractivity contribution in [3.05, 3.63) is 17.0 Å². The number of aromatic nitrogens is 2. The number of rotatable bonds is 0. The maximum atomic E-state index is 12.9. The molecule has 7 heteroatoms. The second-order valence-electron chi connectivity index (χ2n) is 3.29. The van der Waals surface area contributed by atoms with Gasteiger partial charge in [0.1, 0.15) is 0 Å². The summed E-state index contributed by atoms with van der Waals surface area (Å²) in [5.41, 5.74) is -1.88. The average molecular weight is 222 g/mol. The molecule has 1 N–H and O–H groups in total. The van der Waals surface area contributed by atoms with E-state index in [1.165, 1.54) is 0 Å². The normalized spacial score (nSPS) is 21.6. The van der Waals surface area contributed by atoms with Crippen LogP contribution in [0.5, 0.6) is 0 Å². The molecular formula is C8H6F4N2O. The molecule has 1 atom stereocenters. The Bertz CT molecular complexity index is 409. The number of H-pyrrole nitrogens is 1. The molecular weight excluding hydrogens is 216 g/mol. The molecule has 82 valence electrons. The van der Waals surface area contributed by atoms with Crippen LogP contribution in [0, 0.1) is 0 Å². The van der Waals surface area contributed by atoms with Gasteiger partial charge in [0.15, 0.2) is 11.9 Å². The van der Waals surface area contributed by atoms with Crippen LogP contribution in [0.3, 0.4) is 0 Å². The molecule has 0 bridgehead atoms. The van der Waals surface area contributed by atoms with E-state index in [0.29, 0.717) is 0 Å². The lowest BCUT2D eigenvalue weighted by Gasteiger charge is -2.14. The fourth-order valence-electron chi connectivity index (χ4n) is 1.59. The minimum absolute atomic E-state index is 0.0706. The van der Waals surface area contributed by atoms with E-state index in [4.69, 9.17) is 0 Å². The van der Waals surface area contributed by atoms with Gasteiger partial charge in [0.25, 0.3) is 0 Å². The molecule has 1 unspecified atom stereocenters. The van der Waals surface area contributed by atoms with Crippen molar-refractivity contribution in [2.45, 2.75) is 25.2 Å². The third-order valence-corrected chi connectivity index (χ3v) is 2.29. The predicted molar refractivity (Wildman–Crippen MR) is 41.1 cm³/mol. The van der Waals surface area contributed by atoms with Crippen LogP contribution in [0.2, 0.25) is 0 Å². The van der Waals surface area contributed by atoms with Crippen molar-refractivity contribution in [2.24, 2.45) is 0 Å². The van der Waals surface area contributed by atoms with Gasteiger partial charge >= 0.3 is 6.18 Å². The number of hydrogen-bond donors (Lipinski definition) is 1. The standard InChI is InChI=1S/C8H6F4N2O/c9-3-1-2-4-5(6(3)15)7(14-13-4)8(10,11)12/h3H,1-2H2,(H,13,14). The summed E-state index contributed by atoms with van der Waals surface area (Å²) in [6.07, 6.45) is -6.59. The van der Waals surface area contributed by atoms with Crippen molar-refractivity contribution in [2.75, 3.05) is 0 Å². The van der Waals surface area contributed by atoms with Crippen LogP contribution in [-0.2, 0) is 12.6 Å². The van der Waals surface area contributed by atoms with E-state index in [9.17, 15) is 22.4 Å². The van der Waals surface area contributed by atoms with Gasteiger partial charge in [-0.1, -0.05) is 0 Å². The summed E-state index contributed by atoms with van der Waals surface area (Å²) in [5, 5.41) is 5.14. The second kappa shape index (κ2) is 3.04. The van der Waals surface area contributed by atoms with Gasteiger partial charge in [0, 0.05) is 5.69 Å². The summed E-state index contributed by atoms with van der Waals surface area (Å²) < 4.78 is 50.0. The van der Waals surface area contributed by atoms with Gasteiger partial charge in [0.2, 0.25) is 5.78 Å². The van der Waals surface area contributed by atoms with Gasteiger partial charge in [-0.15, -0.1) is 0 Å². The minimum Gasteiger partial charge on any atom is -0.291 e. The molecule has 1 aliphatic carbocycles. The van der Waals surface area contributed by atoms with Crippen LogP contribution in [0.15, 0.2) is 0 Å². The lowest BCUT2D eigenvalue weighted by Crippen LogP contribution is -2.25. The highest BCUT2D eigenvalue weighted by atomic mass is 19.4. The smallest absolute Gasteiger partial charge is 0.291 e. The van der Waals surface area contributed by atoms with Gasteiger partial charge in [-0.3, -0.25) is 9.89 Å². The van der Waals surface area contributed by atoms with Crippen LogP contribution in [-0.4, -0.2) is 22.2 Å². The first kappa shape index (κ1) is 10.1. The number of nitrogens with zero attached hydrogens (tertiary/aromatic N) is 1. The molecule has 0 saturated carbocycles. The molecule has 1 heterocycles. The molecule has 3 nitrogen and oxygen atoms in total. The lowest BCUT2D eigenvalue weighted by atomic mass is 9.93. The van der Waals surface area contributed by atoms with Crippen molar-refractivity contribution in [1.29, 1.82) is 0 Å². The summed E-state index contributed by atoms with van der Waals surface area (Å²) in [7, 11) is 0. The molecule has 1 aromatic heterocycles. The van der Waals surface area contributed by atoms with Crippen LogP contribution in [0.4, 0.5) is 17.6 Å². The van der Waals surface area contributed by atoms with E-state index in [2.05, 4.69) is 10.2 Å². The number of nitrogens with one attached hydrogen (secondary N) is 1. The predicted octanol–water partition coefficient (Wildman–Crippen LogP) is 1.90. The molecule has 1 aromatic rings. The Hall–Kier alpha value is -1.40. The SMILES string of the molecule is O=C1c2c(C(F)(F)F)n[nH]c2CCC1F. The Kier molecular flexibility index (Phi) is 2.06. The van der Waals surface area contributed by atoms with Crippen molar-refractivity contribution < 1.29 is 22.4 Å². The fraction of sp³-hybridized carbons (Fsp3) is 0.500. The Morgan fingerprint density at radius 2 is 2.07 bits per heavy atom. The summed E-state index contributed by atoms with van der Waals surface area (Å²) in [4.78, 5) is 11.2. The van der Waals surface area contributed by atoms with Crippen LogP contribution in [0.1, 0.15) is 28.2 Å². The number of aryl methyl sites for hydroxylation is 1. The first-order chi connectivity index (χ1) is 6.91. The maximum Gasteiger partial charge on any atom is 0.435 e. The van der Waals surface area contributed by atoms with E-state index in [1.54, 1.807) is 0 Å². The molecule has 0 radical (unpaired) electrons. The molecule has 0 aromatic carbocycles. The first-order valence-corrected chi connectivity index (χ1v) is 4.24. The third kappa shape index (κ3) is 1.51. The molecule has 0 saturated heterocycles. The highest BCUT2D eigenvalue weighted by Gasteiger charge is 2.43. The number of Topliss-reactive ketones (excluding diaryl/α,β-unsaturated/α-hetero) is 1. The second-order valence-corrected chi connectivity index (χ2v) is 3.29. The van der Waals surface area contributed by atoms with E-state index in [0.717, 1.165) is 0 Å². The molecule has 1 aliphatic rings. The molecule has 0 fully saturated rings. The van der Waals surface area contributed by atoms with Crippen molar-refractivity contribution in [3.63, 3.8) is 0 Å². The number of hydrogen-bond acceptors (Lipinski definition) is 2. The van der Waals surface area contributed by atoms with E-state index >= 15 is 0 Å². The van der Waals surface area contributed by atoms with Gasteiger partial charge < -0.3 is 0 Å². The number of halogens is 4. The molecule has 0 spiro atoms. The van der Waals surface area contributed by atoms with Crippen molar-refractivity contribution >= 4 is 5.78 Å². The van der Waals surface area contributed by atoms with Gasteiger partial charge in [-0.25, -0.2) is 4.39 Å². The molecule has 2 rings (SSSR count). The van der Waals surface area contributed by atoms with Gasteiger partial charge in [0.05, 0.1) is 5.56 Å². The number of alkyl halides is 4. The minimum atomic E-state index is -4.73. The summed E-state index contributed by atoms with van der Waals surface area (Å²) in [5.74, 6) is -1.13. The summed E-state index contributed by atoms with van der Waals surface area (Å²) in [6, 6.07) is 0. The first-order valence-electron chi connectivity index (χ1n) is 4.24. The number of fused-ring (bicyclic) bond motifs is 1. The molecule has 0 amide bonds. The topological polar surface area (TPSA) is 45.8 Å². The van der Waals surface area contributed by atoms with E-state index in [1.807, 2.05) is 0 Å². The highest BCUT2D eigenvalue weighted by molar-refractivity contribution is 6.02. The zero-order chi connectivity index (χ0) is 11.2. The highest BCUT2D eigenvalue weighted by Crippen LogP contribution is 2.35. The van der Waals surface area contributed by atoms with Crippen molar-refractivity contribution in [1.82, 2.24) is 10.2 Å². The average Bonchev–Trinajstić information content (AvgIpc) is 2.54. The molecule has 0 aliphatic heterocycles. The Balaban J connectivity index is 2.54. The Morgan fingerprint density at radius 3 is 2.67 bits per heavy atom. The quantitative estimate of drug-likeness (QED) is 0.681. The number of carbonyl (C=O) groups excluding carboxylic acids is 1. The van der Waals surface area contributed by atoms with Crippen molar-refractivity contribution in [3.8, 4) is 0 Å². The summed E-state index contributed by atoms with van der Waals surface area (Å²) in [6.45, 7) is 0. The third-order valence-electron chi connectivity index (χ3n) is 2.29. The lowest BCUT2D eigenvalue weighted by molar-refractivity contribution is -0.141. The van der Waals surface area contributed by atoms with E-state index in [-0.39, 0.29) is 18.5 Å². The van der Waals surface area contributed by atoms with Crippen LogP contribution in [0.25, 0.3) is 0 Å². The largest absolute Gasteiger partial charge is 0.435 e. The van der Waals surface area contributed by atoms with Gasteiger partial charge in [-0.05, 0) is 12.8 Å². The summed E-state index contributed by atoms with van der Waals surface area (Å²) >= 11 is 0. The number of ketones is 1. The zero-order valence-corrected chi connectivity index (χ0v) is 7.36. The zero-order valence-electron chi connectivity index (χ0n) is 7.36. The van der Waals surface area contributed by atoms with Crippen LogP contribution >= 0.6 is 0 Å². The maximum absolute atomic E-state index is 12.9. The van der Waals surface area contributed by atoms with E-state index < -0.39 is 29.4 Å². The molecule has 15 heavy (non-hydrogen) atoms.